The fourth-order valence-electron chi connectivity index (χ4n) is 3.17. The maximum atomic E-state index is 13.3. The van der Waals surface area contributed by atoms with Crippen LogP contribution in [0.15, 0.2) is 109 Å². The molecular formula is C29H21FIrN2-2. The van der Waals surface area contributed by atoms with E-state index < -0.39 is 0 Å². The van der Waals surface area contributed by atoms with E-state index in [1.54, 1.807) is 24.4 Å². The summed E-state index contributed by atoms with van der Waals surface area (Å²) in [4.78, 5) is 8.54. The summed E-state index contributed by atoms with van der Waals surface area (Å²) in [6, 6.07) is 36.8. The Balaban J connectivity index is 0.000000186. The zero-order valence-electron chi connectivity index (χ0n) is 18.0. The Kier molecular flexibility index (Phi) is 8.77. The molecule has 0 N–H and O–H groups in total. The minimum absolute atomic E-state index is 0. The fraction of sp³-hybridized carbons (Fsp3) is 0.0345. The first-order valence-corrected chi connectivity index (χ1v) is 10.3. The molecule has 0 unspecified atom stereocenters. The summed E-state index contributed by atoms with van der Waals surface area (Å²) in [7, 11) is 0. The van der Waals surface area contributed by atoms with Crippen molar-refractivity contribution in [2.24, 2.45) is 0 Å². The molecule has 2 heterocycles. The Morgan fingerprint density at radius 1 is 0.697 bits per heavy atom. The van der Waals surface area contributed by atoms with Crippen LogP contribution in [0, 0.1) is 24.9 Å². The molecule has 2 aromatic heterocycles. The van der Waals surface area contributed by atoms with Gasteiger partial charge in [-0.15, -0.1) is 60.2 Å². The van der Waals surface area contributed by atoms with Gasteiger partial charge in [-0.1, -0.05) is 54.1 Å². The van der Waals surface area contributed by atoms with Crippen LogP contribution in [0.2, 0.25) is 0 Å². The molecule has 5 rings (SSSR count). The third-order valence-corrected chi connectivity index (χ3v) is 4.82. The van der Waals surface area contributed by atoms with Crippen LogP contribution in [0.25, 0.3) is 33.6 Å². The van der Waals surface area contributed by atoms with Crippen molar-refractivity contribution in [1.82, 2.24) is 9.97 Å². The number of halogens is 1. The molecule has 0 aliphatic carbocycles. The van der Waals surface area contributed by atoms with E-state index in [0.717, 1.165) is 16.8 Å². The maximum absolute atomic E-state index is 13.3. The zero-order chi connectivity index (χ0) is 22.2. The molecule has 2 nitrogen and oxygen atoms in total. The van der Waals surface area contributed by atoms with Crippen molar-refractivity contribution in [2.75, 3.05) is 0 Å². The minimum atomic E-state index is -0.288. The third-order valence-electron chi connectivity index (χ3n) is 4.82. The average molecular weight is 609 g/mol. The molecule has 0 saturated heterocycles. The van der Waals surface area contributed by atoms with E-state index in [-0.39, 0.29) is 25.9 Å². The summed E-state index contributed by atoms with van der Waals surface area (Å²) >= 11 is 0. The summed E-state index contributed by atoms with van der Waals surface area (Å²) in [5.41, 5.74) is 6.47. The molecule has 4 heteroatoms. The molecule has 0 saturated carbocycles. The van der Waals surface area contributed by atoms with Crippen molar-refractivity contribution in [3.63, 3.8) is 0 Å². The van der Waals surface area contributed by atoms with Gasteiger partial charge in [0, 0.05) is 38.3 Å². The van der Waals surface area contributed by atoms with Gasteiger partial charge in [0.15, 0.2) is 0 Å². The van der Waals surface area contributed by atoms with Crippen LogP contribution in [0.1, 0.15) is 5.56 Å². The Morgan fingerprint density at radius 2 is 1.48 bits per heavy atom. The minimum Gasteiger partial charge on any atom is -0.305 e. The van der Waals surface area contributed by atoms with Crippen LogP contribution < -0.4 is 0 Å². The maximum Gasteiger partial charge on any atom is 0.0380 e. The van der Waals surface area contributed by atoms with E-state index in [0.29, 0.717) is 11.3 Å². The van der Waals surface area contributed by atoms with Gasteiger partial charge in [0.25, 0.3) is 0 Å². The van der Waals surface area contributed by atoms with Gasteiger partial charge in [-0.3, -0.25) is 4.39 Å². The Labute approximate surface area is 207 Å². The number of benzene rings is 3. The molecule has 0 atom stereocenters. The Morgan fingerprint density at radius 3 is 2.18 bits per heavy atom. The van der Waals surface area contributed by atoms with E-state index in [1.165, 1.54) is 17.2 Å². The summed E-state index contributed by atoms with van der Waals surface area (Å²) in [5, 5.41) is 0. The molecule has 1 radical (unpaired) electrons. The molecule has 165 valence electrons. The summed E-state index contributed by atoms with van der Waals surface area (Å²) in [6.07, 6.45) is 3.56. The summed E-state index contributed by atoms with van der Waals surface area (Å²) in [5.74, 6) is -0.288. The predicted molar refractivity (Wildman–Crippen MR) is 127 cm³/mol. The Bertz CT molecular complexity index is 1220. The molecular weight excluding hydrogens is 588 g/mol. The van der Waals surface area contributed by atoms with Gasteiger partial charge in [-0.05, 0) is 41.1 Å². The van der Waals surface area contributed by atoms with E-state index in [9.17, 15) is 4.39 Å². The van der Waals surface area contributed by atoms with Gasteiger partial charge in [0.1, 0.15) is 0 Å². The molecule has 0 fully saturated rings. The van der Waals surface area contributed by atoms with Gasteiger partial charge in [0.05, 0.1) is 0 Å². The second kappa shape index (κ2) is 12.0. The number of hydrogen-bond acceptors (Lipinski definition) is 2. The number of hydrogen-bond donors (Lipinski definition) is 0. The molecule has 0 bridgehead atoms. The quantitative estimate of drug-likeness (QED) is 0.202. The van der Waals surface area contributed by atoms with E-state index in [2.05, 4.69) is 40.3 Å². The van der Waals surface area contributed by atoms with E-state index >= 15 is 0 Å². The molecule has 0 spiro atoms. The molecule has 3 aromatic carbocycles. The zero-order valence-corrected chi connectivity index (χ0v) is 20.4. The first-order chi connectivity index (χ1) is 15.7. The van der Waals surface area contributed by atoms with Crippen molar-refractivity contribution in [3.8, 4) is 33.6 Å². The normalized spacial score (nSPS) is 9.88. The first kappa shape index (κ1) is 24.2. The number of pyridine rings is 2. The largest absolute Gasteiger partial charge is 0.305 e. The van der Waals surface area contributed by atoms with Gasteiger partial charge in [-0.25, -0.2) is 0 Å². The van der Waals surface area contributed by atoms with Crippen molar-refractivity contribution < 1.29 is 24.5 Å². The second-order valence-electron chi connectivity index (χ2n) is 7.19. The summed E-state index contributed by atoms with van der Waals surface area (Å²) in [6.45, 7) is 1.95. The van der Waals surface area contributed by atoms with Crippen LogP contribution >= 0.6 is 0 Å². The third kappa shape index (κ3) is 6.52. The van der Waals surface area contributed by atoms with Crippen LogP contribution in [0.3, 0.4) is 0 Å². The molecule has 5 aromatic rings. The van der Waals surface area contributed by atoms with E-state index in [1.807, 2.05) is 67.7 Å². The van der Waals surface area contributed by atoms with Crippen LogP contribution in [0.4, 0.5) is 4.39 Å². The van der Waals surface area contributed by atoms with Gasteiger partial charge >= 0.3 is 0 Å². The van der Waals surface area contributed by atoms with Crippen LogP contribution in [0.5, 0.6) is 0 Å². The van der Waals surface area contributed by atoms with Gasteiger partial charge in [0.2, 0.25) is 0 Å². The first-order valence-electron chi connectivity index (χ1n) is 10.3. The van der Waals surface area contributed by atoms with Crippen molar-refractivity contribution >= 4 is 0 Å². The second-order valence-corrected chi connectivity index (χ2v) is 7.19. The van der Waals surface area contributed by atoms with Crippen molar-refractivity contribution in [2.45, 2.75) is 6.92 Å². The summed E-state index contributed by atoms with van der Waals surface area (Å²) < 4.78 is 13.3. The number of rotatable bonds is 3. The van der Waals surface area contributed by atoms with E-state index in [4.69, 9.17) is 0 Å². The van der Waals surface area contributed by atoms with Gasteiger partial charge < -0.3 is 9.97 Å². The molecule has 0 aliphatic heterocycles. The number of nitrogens with zero attached hydrogens (tertiary/aromatic N) is 2. The molecule has 0 aliphatic rings. The average Bonchev–Trinajstić information content (AvgIpc) is 2.87. The monoisotopic (exact) mass is 609 g/mol. The number of aromatic nitrogens is 2. The molecule has 0 amide bonds. The van der Waals surface area contributed by atoms with Crippen molar-refractivity contribution in [1.29, 1.82) is 0 Å². The van der Waals surface area contributed by atoms with Crippen LogP contribution in [-0.2, 0) is 20.1 Å². The smallest absolute Gasteiger partial charge is 0.0380 e. The fourth-order valence-corrected chi connectivity index (χ4v) is 3.17. The Hall–Kier alpha value is -3.46. The molecule has 33 heavy (non-hydrogen) atoms. The van der Waals surface area contributed by atoms with Gasteiger partial charge in [-0.2, -0.15) is 0 Å². The standard InChI is InChI=1S/C17H12N.C12H9FN.Ir/c1-3-7-14(8-4-1)16-11-12-18-17(13-16)15-9-5-2-6-10-15;1-9-6-7-12(14-8-9)10-4-2-3-5-11(10)13;/h1-9,11-13H;2-3,5-8H,1H3;/q2*-1;. The van der Waals surface area contributed by atoms with Crippen molar-refractivity contribution in [3.05, 3.63) is 133 Å². The topological polar surface area (TPSA) is 25.8 Å². The SMILES string of the molecule is Cc1ccc(-c2[c-]cccc2F)nc1.[Ir].[c-]1ccccc1-c1cc(-c2ccccc2)ccn1. The predicted octanol–water partition coefficient (Wildman–Crippen LogP) is 7.21. The number of aryl methyl sites for hydroxylation is 1. The van der Waals surface area contributed by atoms with Crippen LogP contribution in [-0.4, -0.2) is 9.97 Å².